The van der Waals surface area contributed by atoms with Crippen molar-refractivity contribution in [2.45, 2.75) is 26.2 Å². The summed E-state index contributed by atoms with van der Waals surface area (Å²) in [6, 6.07) is 3.55. The first kappa shape index (κ1) is 11.6. The van der Waals surface area contributed by atoms with Crippen molar-refractivity contribution >= 4 is 21.8 Å². The Bertz CT molecular complexity index is 385. The van der Waals surface area contributed by atoms with Crippen LogP contribution < -0.4 is 5.32 Å². The molecule has 1 aliphatic carbocycles. The fourth-order valence-electron chi connectivity index (χ4n) is 1.86. The Hall–Kier alpha value is -0.900. The van der Waals surface area contributed by atoms with Gasteiger partial charge in [-0.25, -0.2) is 4.98 Å². The number of nitrogens with zero attached hydrogens (tertiary/aromatic N) is 1. The third-order valence-corrected chi connectivity index (χ3v) is 3.70. The number of hydrogen-bond acceptors (Lipinski definition) is 2. The van der Waals surface area contributed by atoms with Crippen LogP contribution in [0.1, 0.15) is 36.5 Å². The second kappa shape index (κ2) is 4.53. The number of aromatic nitrogens is 1. The van der Waals surface area contributed by atoms with Gasteiger partial charge in [0.1, 0.15) is 4.60 Å². The summed E-state index contributed by atoms with van der Waals surface area (Å²) in [5.41, 5.74) is 0.935. The van der Waals surface area contributed by atoms with Gasteiger partial charge in [-0.2, -0.15) is 0 Å². The van der Waals surface area contributed by atoms with Gasteiger partial charge in [0, 0.05) is 12.7 Å². The quantitative estimate of drug-likeness (QED) is 0.867. The van der Waals surface area contributed by atoms with E-state index < -0.39 is 0 Å². The number of carbonyl (C=O) groups is 1. The SMILES string of the molecule is CC1(CNC(=O)c2ccc(Br)nc2)CCC1. The van der Waals surface area contributed by atoms with Gasteiger partial charge in [-0.3, -0.25) is 4.79 Å². The summed E-state index contributed by atoms with van der Waals surface area (Å²) in [6.45, 7) is 2.98. The second-order valence-corrected chi connectivity index (χ2v) is 5.53. The fraction of sp³-hybridized carbons (Fsp3) is 0.500. The molecular weight excluding hydrogens is 268 g/mol. The molecule has 4 heteroatoms. The van der Waals surface area contributed by atoms with Crippen LogP contribution in [0, 0.1) is 5.41 Å². The second-order valence-electron chi connectivity index (χ2n) is 4.72. The first-order valence-electron chi connectivity index (χ1n) is 5.49. The lowest BCUT2D eigenvalue weighted by molar-refractivity contribution is 0.0890. The molecule has 1 aliphatic rings. The Morgan fingerprint density at radius 1 is 1.56 bits per heavy atom. The predicted molar refractivity (Wildman–Crippen MR) is 66.2 cm³/mol. The largest absolute Gasteiger partial charge is 0.351 e. The maximum absolute atomic E-state index is 11.8. The van der Waals surface area contributed by atoms with Crippen LogP contribution in [0.25, 0.3) is 0 Å². The van der Waals surface area contributed by atoms with E-state index in [-0.39, 0.29) is 5.91 Å². The molecule has 1 N–H and O–H groups in total. The smallest absolute Gasteiger partial charge is 0.252 e. The molecule has 16 heavy (non-hydrogen) atoms. The minimum Gasteiger partial charge on any atom is -0.351 e. The van der Waals surface area contributed by atoms with Crippen molar-refractivity contribution in [3.8, 4) is 0 Å². The van der Waals surface area contributed by atoms with Crippen LogP contribution in [0.4, 0.5) is 0 Å². The molecule has 0 bridgehead atoms. The van der Waals surface area contributed by atoms with Crippen molar-refractivity contribution < 1.29 is 4.79 Å². The lowest BCUT2D eigenvalue weighted by Gasteiger charge is -2.38. The minimum absolute atomic E-state index is 0.0341. The highest BCUT2D eigenvalue weighted by Crippen LogP contribution is 2.39. The van der Waals surface area contributed by atoms with Crippen molar-refractivity contribution in [1.82, 2.24) is 10.3 Å². The highest BCUT2D eigenvalue weighted by molar-refractivity contribution is 9.10. The highest BCUT2D eigenvalue weighted by Gasteiger charge is 2.31. The lowest BCUT2D eigenvalue weighted by Crippen LogP contribution is -2.39. The van der Waals surface area contributed by atoms with E-state index in [1.807, 2.05) is 0 Å². The van der Waals surface area contributed by atoms with Crippen molar-refractivity contribution in [3.63, 3.8) is 0 Å². The van der Waals surface area contributed by atoms with Gasteiger partial charge in [-0.15, -0.1) is 0 Å². The molecule has 1 fully saturated rings. The molecule has 0 aliphatic heterocycles. The van der Waals surface area contributed by atoms with Crippen LogP contribution in [0.2, 0.25) is 0 Å². The van der Waals surface area contributed by atoms with E-state index in [4.69, 9.17) is 0 Å². The molecule has 0 spiro atoms. The van der Waals surface area contributed by atoms with Gasteiger partial charge in [0.05, 0.1) is 5.56 Å². The van der Waals surface area contributed by atoms with Crippen LogP contribution in [0.15, 0.2) is 22.9 Å². The first-order valence-corrected chi connectivity index (χ1v) is 6.28. The van der Waals surface area contributed by atoms with Gasteiger partial charge < -0.3 is 5.32 Å². The molecule has 1 amide bonds. The molecule has 1 heterocycles. The molecule has 0 unspecified atom stereocenters. The monoisotopic (exact) mass is 282 g/mol. The normalized spacial score (nSPS) is 17.6. The Morgan fingerprint density at radius 2 is 2.31 bits per heavy atom. The number of pyridine rings is 1. The molecule has 0 saturated heterocycles. The van der Waals surface area contributed by atoms with Crippen molar-refractivity contribution in [3.05, 3.63) is 28.5 Å². The average molecular weight is 283 g/mol. The van der Waals surface area contributed by atoms with E-state index in [1.165, 1.54) is 19.3 Å². The molecule has 1 saturated carbocycles. The van der Waals surface area contributed by atoms with Crippen LogP contribution in [-0.2, 0) is 0 Å². The third kappa shape index (κ3) is 2.61. The topological polar surface area (TPSA) is 42.0 Å². The minimum atomic E-state index is -0.0341. The number of nitrogens with one attached hydrogen (secondary N) is 1. The molecule has 0 radical (unpaired) electrons. The maximum atomic E-state index is 11.8. The van der Waals surface area contributed by atoms with Gasteiger partial charge in [-0.05, 0) is 46.3 Å². The zero-order valence-electron chi connectivity index (χ0n) is 9.29. The number of carbonyl (C=O) groups excluding carboxylic acids is 1. The summed E-state index contributed by atoms with van der Waals surface area (Å²) >= 11 is 3.24. The molecular formula is C12H15BrN2O. The summed E-state index contributed by atoms with van der Waals surface area (Å²) in [5.74, 6) is -0.0341. The molecule has 3 nitrogen and oxygen atoms in total. The van der Waals surface area contributed by atoms with Crippen LogP contribution >= 0.6 is 15.9 Å². The van der Waals surface area contributed by atoms with E-state index in [1.54, 1.807) is 18.3 Å². The van der Waals surface area contributed by atoms with E-state index >= 15 is 0 Å². The van der Waals surface area contributed by atoms with Crippen molar-refractivity contribution in [2.24, 2.45) is 5.41 Å². The summed E-state index contributed by atoms with van der Waals surface area (Å²) in [4.78, 5) is 15.8. The number of rotatable bonds is 3. The molecule has 2 rings (SSSR count). The Balaban J connectivity index is 1.90. The Labute approximate surface area is 104 Å². The van der Waals surface area contributed by atoms with E-state index in [0.717, 1.165) is 11.1 Å². The lowest BCUT2D eigenvalue weighted by atomic mass is 9.70. The predicted octanol–water partition coefficient (Wildman–Crippen LogP) is 2.76. The summed E-state index contributed by atoms with van der Waals surface area (Å²) in [6.07, 6.45) is 5.30. The summed E-state index contributed by atoms with van der Waals surface area (Å²) in [7, 11) is 0. The van der Waals surface area contributed by atoms with Crippen molar-refractivity contribution in [1.29, 1.82) is 0 Å². The molecule has 86 valence electrons. The van der Waals surface area contributed by atoms with Gasteiger partial charge in [-0.1, -0.05) is 13.3 Å². The van der Waals surface area contributed by atoms with Crippen molar-refractivity contribution in [2.75, 3.05) is 6.54 Å². The van der Waals surface area contributed by atoms with Crippen LogP contribution in [0.3, 0.4) is 0 Å². The van der Waals surface area contributed by atoms with Gasteiger partial charge >= 0.3 is 0 Å². The van der Waals surface area contributed by atoms with E-state index in [2.05, 4.69) is 33.2 Å². The van der Waals surface area contributed by atoms with Crippen LogP contribution in [0.5, 0.6) is 0 Å². The van der Waals surface area contributed by atoms with Gasteiger partial charge in [0.25, 0.3) is 5.91 Å². The Morgan fingerprint density at radius 3 is 2.81 bits per heavy atom. The zero-order valence-corrected chi connectivity index (χ0v) is 10.9. The Kier molecular flexibility index (Phi) is 3.28. The van der Waals surface area contributed by atoms with Gasteiger partial charge in [0.2, 0.25) is 0 Å². The van der Waals surface area contributed by atoms with Gasteiger partial charge in [0.15, 0.2) is 0 Å². The standard InChI is InChI=1S/C12H15BrN2O/c1-12(5-2-6-12)8-15-11(16)9-3-4-10(13)14-7-9/h3-4,7H,2,5-6,8H2,1H3,(H,15,16). The molecule has 0 atom stereocenters. The fourth-order valence-corrected chi connectivity index (χ4v) is 2.10. The van der Waals surface area contributed by atoms with E-state index in [0.29, 0.717) is 11.0 Å². The third-order valence-electron chi connectivity index (χ3n) is 3.23. The average Bonchev–Trinajstić information content (AvgIpc) is 2.24. The first-order chi connectivity index (χ1) is 7.59. The molecule has 1 aromatic rings. The summed E-state index contributed by atoms with van der Waals surface area (Å²) in [5, 5.41) is 2.97. The molecule has 1 aromatic heterocycles. The van der Waals surface area contributed by atoms with Crippen LogP contribution in [-0.4, -0.2) is 17.4 Å². The number of hydrogen-bond donors (Lipinski definition) is 1. The highest BCUT2D eigenvalue weighted by atomic mass is 79.9. The zero-order chi connectivity index (χ0) is 11.6. The molecule has 0 aromatic carbocycles. The van der Waals surface area contributed by atoms with E-state index in [9.17, 15) is 4.79 Å². The maximum Gasteiger partial charge on any atom is 0.252 e. The number of amides is 1. The summed E-state index contributed by atoms with van der Waals surface area (Å²) < 4.78 is 0.745. The number of halogens is 1.